The predicted octanol–water partition coefficient (Wildman–Crippen LogP) is 6.32. The van der Waals surface area contributed by atoms with E-state index >= 15 is 0 Å². The molecular formula is C26H22N4O. The lowest BCUT2D eigenvalue weighted by Crippen LogP contribution is -2.19. The second-order valence-electron chi connectivity index (χ2n) is 7.24. The van der Waals surface area contributed by atoms with Gasteiger partial charge in [-0.05, 0) is 29.8 Å². The summed E-state index contributed by atoms with van der Waals surface area (Å²) in [4.78, 5) is 10.9. The van der Waals surface area contributed by atoms with Crippen molar-refractivity contribution in [2.24, 2.45) is 0 Å². The van der Waals surface area contributed by atoms with Crippen LogP contribution in [0.15, 0.2) is 91.3 Å². The number of hydrogen-bond acceptors (Lipinski definition) is 5. The first-order valence-electron chi connectivity index (χ1n) is 10.3. The number of benzene rings is 4. The molecule has 5 nitrogen and oxygen atoms in total. The van der Waals surface area contributed by atoms with Crippen molar-refractivity contribution in [1.82, 2.24) is 9.97 Å². The molecule has 0 amide bonds. The quantitative estimate of drug-likeness (QED) is 0.370. The van der Waals surface area contributed by atoms with Crippen LogP contribution in [0.2, 0.25) is 0 Å². The number of nitrogens with two attached hydrogens (primary N) is 1. The summed E-state index contributed by atoms with van der Waals surface area (Å²) >= 11 is 0. The molecule has 0 saturated heterocycles. The molecule has 5 heteroatoms. The Kier molecular flexibility index (Phi) is 4.84. The van der Waals surface area contributed by atoms with Crippen molar-refractivity contribution in [2.45, 2.75) is 6.92 Å². The number of fused-ring (bicyclic) bond motifs is 2. The van der Waals surface area contributed by atoms with Gasteiger partial charge >= 0.3 is 0 Å². The van der Waals surface area contributed by atoms with E-state index in [9.17, 15) is 0 Å². The largest absolute Gasteiger partial charge is 0.436 e. The van der Waals surface area contributed by atoms with Gasteiger partial charge in [0.2, 0.25) is 5.88 Å². The average molecular weight is 406 g/mol. The summed E-state index contributed by atoms with van der Waals surface area (Å²) < 4.78 is 6.18. The van der Waals surface area contributed by atoms with Crippen LogP contribution in [-0.2, 0) is 0 Å². The van der Waals surface area contributed by atoms with E-state index < -0.39 is 0 Å². The monoisotopic (exact) mass is 406 g/mol. The van der Waals surface area contributed by atoms with Gasteiger partial charge in [-0.1, -0.05) is 72.8 Å². The SMILES string of the molecule is CCN(c1ncnc(Oc2cccc3ccccc23)c1N)c1cccc2ccccc12. The highest BCUT2D eigenvalue weighted by Gasteiger charge is 2.19. The molecule has 0 spiro atoms. The topological polar surface area (TPSA) is 64.3 Å². The first kappa shape index (κ1) is 18.9. The first-order chi connectivity index (χ1) is 15.3. The number of aromatic nitrogens is 2. The molecule has 1 heterocycles. The van der Waals surface area contributed by atoms with Crippen LogP contribution in [0.4, 0.5) is 17.2 Å². The summed E-state index contributed by atoms with van der Waals surface area (Å²) in [7, 11) is 0. The van der Waals surface area contributed by atoms with Gasteiger partial charge in [-0.3, -0.25) is 0 Å². The van der Waals surface area contributed by atoms with Crippen LogP contribution in [0.3, 0.4) is 0 Å². The summed E-state index contributed by atoms with van der Waals surface area (Å²) in [6.45, 7) is 2.78. The number of rotatable bonds is 5. The van der Waals surface area contributed by atoms with Crippen LogP contribution in [0, 0.1) is 0 Å². The maximum atomic E-state index is 6.54. The van der Waals surface area contributed by atoms with Gasteiger partial charge in [0.25, 0.3) is 0 Å². The summed E-state index contributed by atoms with van der Waals surface area (Å²) in [5.41, 5.74) is 7.99. The third-order valence-electron chi connectivity index (χ3n) is 5.41. The van der Waals surface area contributed by atoms with E-state index in [2.05, 4.69) is 58.2 Å². The zero-order valence-electron chi connectivity index (χ0n) is 17.2. The fourth-order valence-corrected chi connectivity index (χ4v) is 3.93. The molecule has 0 aliphatic rings. The molecule has 31 heavy (non-hydrogen) atoms. The van der Waals surface area contributed by atoms with E-state index in [0.717, 1.165) is 21.8 Å². The van der Waals surface area contributed by atoms with Crippen LogP contribution < -0.4 is 15.4 Å². The van der Waals surface area contributed by atoms with Gasteiger partial charge in [-0.2, -0.15) is 4.98 Å². The molecule has 4 aromatic carbocycles. The number of hydrogen-bond donors (Lipinski definition) is 1. The molecular weight excluding hydrogens is 384 g/mol. The molecule has 1 aromatic heterocycles. The highest BCUT2D eigenvalue weighted by molar-refractivity contribution is 5.97. The molecule has 0 unspecified atom stereocenters. The third kappa shape index (κ3) is 3.40. The zero-order valence-corrected chi connectivity index (χ0v) is 17.2. The smallest absolute Gasteiger partial charge is 0.248 e. The first-order valence-corrected chi connectivity index (χ1v) is 10.3. The van der Waals surface area contributed by atoms with Gasteiger partial charge in [-0.15, -0.1) is 0 Å². The summed E-state index contributed by atoms with van der Waals surface area (Å²) in [6, 6.07) is 28.5. The van der Waals surface area contributed by atoms with Crippen molar-refractivity contribution in [1.29, 1.82) is 0 Å². The minimum Gasteiger partial charge on any atom is -0.436 e. The molecule has 152 valence electrons. The van der Waals surface area contributed by atoms with E-state index in [1.54, 1.807) is 0 Å². The van der Waals surface area contributed by atoms with Crippen molar-refractivity contribution in [3.63, 3.8) is 0 Å². The minimum atomic E-state index is 0.347. The van der Waals surface area contributed by atoms with Gasteiger partial charge in [-0.25, -0.2) is 4.98 Å². The summed E-state index contributed by atoms with van der Waals surface area (Å²) in [5.74, 6) is 1.69. The Labute approximate surface area is 180 Å². The Bertz CT molecular complexity index is 1370. The lowest BCUT2D eigenvalue weighted by atomic mass is 10.1. The Hall–Kier alpha value is -4.12. The van der Waals surface area contributed by atoms with Crippen molar-refractivity contribution in [3.05, 3.63) is 91.3 Å². The van der Waals surface area contributed by atoms with Gasteiger partial charge in [0.1, 0.15) is 17.8 Å². The number of anilines is 3. The molecule has 2 N–H and O–H groups in total. The highest BCUT2D eigenvalue weighted by atomic mass is 16.5. The van der Waals surface area contributed by atoms with Crippen LogP contribution in [0.1, 0.15) is 6.92 Å². The van der Waals surface area contributed by atoms with Crippen molar-refractivity contribution < 1.29 is 4.74 Å². The molecule has 0 fully saturated rings. The van der Waals surface area contributed by atoms with Gasteiger partial charge in [0, 0.05) is 17.3 Å². The van der Waals surface area contributed by atoms with Gasteiger partial charge in [0.05, 0.1) is 5.69 Å². The van der Waals surface area contributed by atoms with Gasteiger partial charge < -0.3 is 15.4 Å². The highest BCUT2D eigenvalue weighted by Crippen LogP contribution is 2.38. The zero-order chi connectivity index (χ0) is 21.2. The lowest BCUT2D eigenvalue weighted by molar-refractivity contribution is 0.469. The Morgan fingerprint density at radius 2 is 1.42 bits per heavy atom. The maximum Gasteiger partial charge on any atom is 0.248 e. The Morgan fingerprint density at radius 3 is 2.19 bits per heavy atom. The van der Waals surface area contributed by atoms with E-state index in [4.69, 9.17) is 10.5 Å². The average Bonchev–Trinajstić information content (AvgIpc) is 2.82. The lowest BCUT2D eigenvalue weighted by Gasteiger charge is -2.25. The molecule has 0 atom stereocenters. The normalized spacial score (nSPS) is 11.0. The Morgan fingerprint density at radius 1 is 0.774 bits per heavy atom. The summed E-state index contributed by atoms with van der Waals surface area (Å²) in [5, 5.41) is 4.41. The van der Waals surface area contributed by atoms with Crippen molar-refractivity contribution in [2.75, 3.05) is 17.2 Å². The molecule has 5 rings (SSSR count). The van der Waals surface area contributed by atoms with Crippen LogP contribution in [0.25, 0.3) is 21.5 Å². The second-order valence-corrected chi connectivity index (χ2v) is 7.24. The van der Waals surface area contributed by atoms with Crippen molar-refractivity contribution >= 4 is 38.7 Å². The Balaban J connectivity index is 1.58. The fraction of sp³-hybridized carbons (Fsp3) is 0.0769. The minimum absolute atomic E-state index is 0.347. The molecule has 0 radical (unpaired) electrons. The van der Waals surface area contributed by atoms with E-state index in [0.29, 0.717) is 29.7 Å². The molecule has 0 aliphatic heterocycles. The van der Waals surface area contributed by atoms with Crippen LogP contribution >= 0.6 is 0 Å². The number of ether oxygens (including phenoxy) is 1. The molecule has 0 bridgehead atoms. The standard InChI is InChI=1S/C26H22N4O/c1-2-30(22-15-7-11-18-9-3-5-13-20(18)22)25-24(27)26(29-17-28-25)31-23-16-8-12-19-10-4-6-14-21(19)23/h3-17H,2,27H2,1H3. The maximum absolute atomic E-state index is 6.54. The van der Waals surface area contributed by atoms with E-state index in [1.807, 2.05) is 48.5 Å². The van der Waals surface area contributed by atoms with Crippen molar-refractivity contribution in [3.8, 4) is 11.6 Å². The van der Waals surface area contributed by atoms with Crippen LogP contribution in [0.5, 0.6) is 11.6 Å². The molecule has 5 aromatic rings. The van der Waals surface area contributed by atoms with Crippen LogP contribution in [-0.4, -0.2) is 16.5 Å². The van der Waals surface area contributed by atoms with Gasteiger partial charge in [0.15, 0.2) is 5.82 Å². The number of nitrogens with zero attached hydrogens (tertiary/aromatic N) is 3. The molecule has 0 aliphatic carbocycles. The van der Waals surface area contributed by atoms with E-state index in [1.165, 1.54) is 11.7 Å². The third-order valence-corrected chi connectivity index (χ3v) is 5.41. The summed E-state index contributed by atoms with van der Waals surface area (Å²) in [6.07, 6.45) is 1.50. The molecule has 0 saturated carbocycles. The van der Waals surface area contributed by atoms with E-state index in [-0.39, 0.29) is 0 Å². The fourth-order valence-electron chi connectivity index (χ4n) is 3.93. The second kappa shape index (κ2) is 7.95. The number of nitrogen functional groups attached to an aromatic ring is 1. The predicted molar refractivity (Wildman–Crippen MR) is 127 cm³/mol.